The lowest BCUT2D eigenvalue weighted by molar-refractivity contribution is -0.137. The van der Waals surface area contributed by atoms with Crippen molar-refractivity contribution in [3.05, 3.63) is 33.8 Å². The van der Waals surface area contributed by atoms with E-state index in [1.165, 1.54) is 0 Å². The minimum Gasteiger partial charge on any atom is -0.481 e. The Balaban J connectivity index is 2.95. The van der Waals surface area contributed by atoms with Crippen LogP contribution < -0.4 is 0 Å². The van der Waals surface area contributed by atoms with Crippen molar-refractivity contribution in [2.75, 3.05) is 0 Å². The summed E-state index contributed by atoms with van der Waals surface area (Å²) < 4.78 is 0. The summed E-state index contributed by atoms with van der Waals surface area (Å²) in [6.07, 6.45) is 0.0556. The number of carboxylic acid groups (broad SMARTS) is 1. The van der Waals surface area contributed by atoms with Gasteiger partial charge in [-0.05, 0) is 17.5 Å². The van der Waals surface area contributed by atoms with E-state index in [1.807, 2.05) is 6.92 Å². The summed E-state index contributed by atoms with van der Waals surface area (Å²) in [5.74, 6) is -0.966. The number of halogens is 2. The monoisotopic (exact) mass is 232 g/mol. The third-order valence-electron chi connectivity index (χ3n) is 1.99. The first kappa shape index (κ1) is 11.3. The van der Waals surface area contributed by atoms with Gasteiger partial charge in [0.15, 0.2) is 0 Å². The molecular weight excluding hydrogens is 223 g/mol. The molecule has 0 aliphatic heterocycles. The number of aliphatic carboxylic acids is 1. The van der Waals surface area contributed by atoms with Crippen LogP contribution in [-0.4, -0.2) is 11.1 Å². The Morgan fingerprint density at radius 3 is 2.71 bits per heavy atom. The fourth-order valence-corrected chi connectivity index (χ4v) is 1.77. The highest BCUT2D eigenvalue weighted by Crippen LogP contribution is 2.32. The lowest BCUT2D eigenvalue weighted by Crippen LogP contribution is -2.03. The van der Waals surface area contributed by atoms with E-state index >= 15 is 0 Å². The Morgan fingerprint density at radius 1 is 1.50 bits per heavy atom. The number of hydrogen-bond donors (Lipinski definition) is 1. The molecule has 1 aromatic rings. The molecule has 0 aliphatic carbocycles. The first-order chi connectivity index (χ1) is 6.52. The van der Waals surface area contributed by atoms with Crippen LogP contribution in [0, 0.1) is 0 Å². The number of hydrogen-bond acceptors (Lipinski definition) is 1. The largest absolute Gasteiger partial charge is 0.481 e. The fourth-order valence-electron chi connectivity index (χ4n) is 1.27. The SMILES string of the molecule is CC(CC(=O)O)c1cccc(Cl)c1Cl. The third-order valence-corrected chi connectivity index (χ3v) is 2.83. The van der Waals surface area contributed by atoms with Gasteiger partial charge in [0.25, 0.3) is 0 Å². The van der Waals surface area contributed by atoms with Gasteiger partial charge in [0, 0.05) is 0 Å². The second kappa shape index (κ2) is 4.67. The maximum Gasteiger partial charge on any atom is 0.303 e. The molecule has 0 saturated carbocycles. The average molecular weight is 233 g/mol. The van der Waals surface area contributed by atoms with Gasteiger partial charge in [0.2, 0.25) is 0 Å². The van der Waals surface area contributed by atoms with Crippen molar-refractivity contribution in [2.24, 2.45) is 0 Å². The molecule has 0 bridgehead atoms. The van der Waals surface area contributed by atoms with Gasteiger partial charge in [-0.3, -0.25) is 4.79 Å². The van der Waals surface area contributed by atoms with Crippen molar-refractivity contribution in [3.63, 3.8) is 0 Å². The molecule has 0 aromatic heterocycles. The molecule has 1 unspecified atom stereocenters. The predicted octanol–water partition coefficient (Wildman–Crippen LogP) is 3.57. The van der Waals surface area contributed by atoms with Crippen molar-refractivity contribution >= 4 is 29.2 Å². The van der Waals surface area contributed by atoms with Crippen LogP contribution in [0.1, 0.15) is 24.8 Å². The molecule has 76 valence electrons. The molecule has 1 aromatic carbocycles. The summed E-state index contributed by atoms with van der Waals surface area (Å²) >= 11 is 11.8. The van der Waals surface area contributed by atoms with Crippen LogP contribution >= 0.6 is 23.2 Å². The molecule has 1 N–H and O–H groups in total. The van der Waals surface area contributed by atoms with Crippen molar-refractivity contribution in [1.29, 1.82) is 0 Å². The molecule has 4 heteroatoms. The van der Waals surface area contributed by atoms with E-state index in [9.17, 15) is 4.79 Å². The summed E-state index contributed by atoms with van der Waals surface area (Å²) in [5.41, 5.74) is 0.779. The Kier molecular flexibility index (Phi) is 3.78. The van der Waals surface area contributed by atoms with E-state index in [2.05, 4.69) is 0 Å². The first-order valence-corrected chi connectivity index (χ1v) is 4.93. The number of carbonyl (C=O) groups is 1. The Morgan fingerprint density at radius 2 is 2.14 bits per heavy atom. The highest BCUT2D eigenvalue weighted by Gasteiger charge is 2.14. The van der Waals surface area contributed by atoms with Crippen LogP contribution in [0.25, 0.3) is 0 Å². The van der Waals surface area contributed by atoms with Gasteiger partial charge in [-0.1, -0.05) is 42.3 Å². The molecule has 0 amide bonds. The van der Waals surface area contributed by atoms with Gasteiger partial charge in [-0.15, -0.1) is 0 Å². The van der Waals surface area contributed by atoms with Crippen LogP contribution in [-0.2, 0) is 4.79 Å². The Labute approximate surface area is 92.5 Å². The second-order valence-electron chi connectivity index (χ2n) is 3.14. The normalized spacial score (nSPS) is 12.5. The van der Waals surface area contributed by atoms with Crippen LogP contribution in [0.2, 0.25) is 10.0 Å². The van der Waals surface area contributed by atoms with Crippen LogP contribution in [0.5, 0.6) is 0 Å². The lowest BCUT2D eigenvalue weighted by Gasteiger charge is -2.11. The van der Waals surface area contributed by atoms with E-state index in [-0.39, 0.29) is 12.3 Å². The molecular formula is C10H10Cl2O2. The van der Waals surface area contributed by atoms with E-state index in [0.717, 1.165) is 5.56 Å². The average Bonchev–Trinajstić information content (AvgIpc) is 2.08. The highest BCUT2D eigenvalue weighted by molar-refractivity contribution is 6.42. The van der Waals surface area contributed by atoms with Gasteiger partial charge >= 0.3 is 5.97 Å². The van der Waals surface area contributed by atoms with Crippen molar-refractivity contribution in [1.82, 2.24) is 0 Å². The van der Waals surface area contributed by atoms with Gasteiger partial charge in [0.1, 0.15) is 0 Å². The van der Waals surface area contributed by atoms with Gasteiger partial charge in [-0.2, -0.15) is 0 Å². The maximum absolute atomic E-state index is 10.5. The van der Waals surface area contributed by atoms with E-state index in [0.29, 0.717) is 10.0 Å². The summed E-state index contributed by atoms with van der Waals surface area (Å²) in [7, 11) is 0. The Hall–Kier alpha value is -0.730. The van der Waals surface area contributed by atoms with Crippen LogP contribution in [0.4, 0.5) is 0 Å². The lowest BCUT2D eigenvalue weighted by atomic mass is 9.98. The van der Waals surface area contributed by atoms with Gasteiger partial charge in [-0.25, -0.2) is 0 Å². The quantitative estimate of drug-likeness (QED) is 0.866. The maximum atomic E-state index is 10.5. The second-order valence-corrected chi connectivity index (χ2v) is 3.93. The smallest absolute Gasteiger partial charge is 0.303 e. The van der Waals surface area contributed by atoms with E-state index in [4.69, 9.17) is 28.3 Å². The summed E-state index contributed by atoms with van der Waals surface area (Å²) in [6, 6.07) is 5.24. The zero-order valence-corrected chi connectivity index (χ0v) is 9.14. The molecule has 14 heavy (non-hydrogen) atoms. The van der Waals surface area contributed by atoms with Crippen molar-refractivity contribution in [3.8, 4) is 0 Å². The minimum atomic E-state index is -0.839. The van der Waals surface area contributed by atoms with Crippen LogP contribution in [0.15, 0.2) is 18.2 Å². The van der Waals surface area contributed by atoms with Crippen LogP contribution in [0.3, 0.4) is 0 Å². The zero-order valence-electron chi connectivity index (χ0n) is 7.63. The standard InChI is InChI=1S/C10H10Cl2O2/c1-6(5-9(13)14)7-3-2-4-8(11)10(7)12/h2-4,6H,5H2,1H3,(H,13,14). The number of carboxylic acids is 1. The molecule has 0 saturated heterocycles. The van der Waals surface area contributed by atoms with Crippen molar-refractivity contribution < 1.29 is 9.90 Å². The molecule has 0 radical (unpaired) electrons. The Bertz CT molecular complexity index is 350. The van der Waals surface area contributed by atoms with E-state index in [1.54, 1.807) is 18.2 Å². The molecule has 0 heterocycles. The first-order valence-electron chi connectivity index (χ1n) is 4.18. The van der Waals surface area contributed by atoms with Gasteiger partial charge < -0.3 is 5.11 Å². The molecule has 1 atom stereocenters. The van der Waals surface area contributed by atoms with Gasteiger partial charge in [0.05, 0.1) is 16.5 Å². The number of rotatable bonds is 3. The zero-order chi connectivity index (χ0) is 10.7. The molecule has 0 spiro atoms. The summed E-state index contributed by atoms with van der Waals surface area (Å²) in [5, 5.41) is 9.54. The minimum absolute atomic E-state index is 0.0556. The fraction of sp³-hybridized carbons (Fsp3) is 0.300. The molecule has 0 aliphatic rings. The predicted molar refractivity (Wildman–Crippen MR) is 57.1 cm³/mol. The number of benzene rings is 1. The van der Waals surface area contributed by atoms with E-state index < -0.39 is 5.97 Å². The molecule has 0 fully saturated rings. The third kappa shape index (κ3) is 2.63. The summed E-state index contributed by atoms with van der Waals surface area (Å²) in [4.78, 5) is 10.5. The molecule has 1 rings (SSSR count). The molecule has 2 nitrogen and oxygen atoms in total. The van der Waals surface area contributed by atoms with Crippen molar-refractivity contribution in [2.45, 2.75) is 19.3 Å². The topological polar surface area (TPSA) is 37.3 Å². The summed E-state index contributed by atoms with van der Waals surface area (Å²) in [6.45, 7) is 1.81. The highest BCUT2D eigenvalue weighted by atomic mass is 35.5.